The Kier molecular flexibility index (Phi) is 3.91. The minimum Gasteiger partial charge on any atom is -0.349 e. The number of para-hydroxylation sites is 2. The van der Waals surface area contributed by atoms with Crippen molar-refractivity contribution in [2.75, 3.05) is 0 Å². The average molecular weight is 300 g/mol. The molecular weight excluding hydrogens is 276 g/mol. The fourth-order valence-electron chi connectivity index (χ4n) is 3.43. The summed E-state index contributed by atoms with van der Waals surface area (Å²) in [6, 6.07) is 7.98. The Bertz CT molecular complexity index is 689. The van der Waals surface area contributed by atoms with Crippen LogP contribution in [0.25, 0.3) is 11.0 Å². The number of aromatic nitrogens is 2. The molecule has 0 saturated heterocycles. The summed E-state index contributed by atoms with van der Waals surface area (Å²) in [6.07, 6.45) is 3.98. The van der Waals surface area contributed by atoms with E-state index in [1.54, 1.807) is 0 Å². The van der Waals surface area contributed by atoms with Crippen molar-refractivity contribution < 1.29 is 4.79 Å². The van der Waals surface area contributed by atoms with Crippen molar-refractivity contribution in [1.82, 2.24) is 14.9 Å². The van der Waals surface area contributed by atoms with Crippen LogP contribution in [0.5, 0.6) is 0 Å². The van der Waals surface area contributed by atoms with E-state index in [-0.39, 0.29) is 11.8 Å². The second-order valence-corrected chi connectivity index (χ2v) is 6.60. The van der Waals surface area contributed by atoms with Gasteiger partial charge in [-0.25, -0.2) is 4.98 Å². The molecule has 1 saturated carbocycles. The molecule has 5 heteroatoms. The summed E-state index contributed by atoms with van der Waals surface area (Å²) >= 11 is 0. The van der Waals surface area contributed by atoms with Crippen molar-refractivity contribution in [3.05, 3.63) is 30.1 Å². The van der Waals surface area contributed by atoms with E-state index in [0.29, 0.717) is 6.54 Å². The standard InChI is InChI=1S/C17H24N4O/c1-17(18)10-6-5-7-12(17)16(22)19-11-15-20-13-8-3-4-9-14(13)21(15)2/h3-4,8-9,12H,5-7,10-11,18H2,1-2H3,(H,19,22). The van der Waals surface area contributed by atoms with Gasteiger partial charge in [-0.1, -0.05) is 25.0 Å². The molecule has 3 rings (SSSR count). The van der Waals surface area contributed by atoms with Crippen molar-refractivity contribution >= 4 is 16.9 Å². The molecule has 3 N–H and O–H groups in total. The summed E-state index contributed by atoms with van der Waals surface area (Å²) in [7, 11) is 1.98. The number of nitrogens with zero attached hydrogens (tertiary/aromatic N) is 2. The quantitative estimate of drug-likeness (QED) is 0.911. The first-order valence-corrected chi connectivity index (χ1v) is 7.96. The van der Waals surface area contributed by atoms with Crippen LogP contribution >= 0.6 is 0 Å². The number of rotatable bonds is 3. The number of carbonyl (C=O) groups excluding carboxylic acids is 1. The van der Waals surface area contributed by atoms with Gasteiger partial charge in [0.25, 0.3) is 0 Å². The number of nitrogens with one attached hydrogen (secondary N) is 1. The van der Waals surface area contributed by atoms with Gasteiger partial charge in [-0.3, -0.25) is 4.79 Å². The minimum atomic E-state index is -0.394. The lowest BCUT2D eigenvalue weighted by molar-refractivity contribution is -0.128. The lowest BCUT2D eigenvalue weighted by Crippen LogP contribution is -2.52. The van der Waals surface area contributed by atoms with Crippen LogP contribution in [-0.2, 0) is 18.4 Å². The number of fused-ring (bicyclic) bond motifs is 1. The van der Waals surface area contributed by atoms with Crippen molar-refractivity contribution in [2.45, 2.75) is 44.7 Å². The van der Waals surface area contributed by atoms with Crippen LogP contribution in [0.15, 0.2) is 24.3 Å². The highest BCUT2D eigenvalue weighted by Crippen LogP contribution is 2.31. The molecule has 1 fully saturated rings. The monoisotopic (exact) mass is 300 g/mol. The Labute approximate surface area is 130 Å². The summed E-state index contributed by atoms with van der Waals surface area (Å²) in [5.74, 6) is 0.816. The summed E-state index contributed by atoms with van der Waals surface area (Å²) in [5.41, 5.74) is 7.94. The highest BCUT2D eigenvalue weighted by atomic mass is 16.1. The lowest BCUT2D eigenvalue weighted by atomic mass is 9.74. The van der Waals surface area contributed by atoms with E-state index >= 15 is 0 Å². The average Bonchev–Trinajstić information content (AvgIpc) is 2.81. The Morgan fingerprint density at radius 3 is 2.95 bits per heavy atom. The summed E-state index contributed by atoms with van der Waals surface area (Å²) in [6.45, 7) is 2.43. The number of hydrogen-bond donors (Lipinski definition) is 2. The molecule has 0 aliphatic heterocycles. The summed E-state index contributed by atoms with van der Waals surface area (Å²) < 4.78 is 2.03. The van der Waals surface area contributed by atoms with Crippen LogP contribution in [0, 0.1) is 5.92 Å². The first-order chi connectivity index (χ1) is 10.5. The second-order valence-electron chi connectivity index (χ2n) is 6.60. The molecule has 2 unspecified atom stereocenters. The van der Waals surface area contributed by atoms with Gasteiger partial charge in [0, 0.05) is 12.6 Å². The van der Waals surface area contributed by atoms with Gasteiger partial charge in [0.15, 0.2) is 0 Å². The van der Waals surface area contributed by atoms with E-state index in [9.17, 15) is 4.79 Å². The predicted octanol–water partition coefficient (Wildman–Crippen LogP) is 2.10. The maximum absolute atomic E-state index is 12.5. The highest BCUT2D eigenvalue weighted by molar-refractivity contribution is 5.80. The molecule has 0 bridgehead atoms. The largest absolute Gasteiger partial charge is 0.349 e. The van der Waals surface area contributed by atoms with Crippen molar-refractivity contribution in [2.24, 2.45) is 18.7 Å². The van der Waals surface area contributed by atoms with Gasteiger partial charge < -0.3 is 15.6 Å². The molecule has 1 aromatic heterocycles. The number of amides is 1. The molecule has 118 valence electrons. The minimum absolute atomic E-state index is 0.0526. The molecule has 1 heterocycles. The molecule has 2 aromatic rings. The van der Waals surface area contributed by atoms with Gasteiger partial charge in [-0.2, -0.15) is 0 Å². The van der Waals surface area contributed by atoms with E-state index in [0.717, 1.165) is 42.5 Å². The lowest BCUT2D eigenvalue weighted by Gasteiger charge is -2.37. The normalized spacial score (nSPS) is 25.3. The summed E-state index contributed by atoms with van der Waals surface area (Å²) in [5, 5.41) is 3.02. The molecule has 22 heavy (non-hydrogen) atoms. The molecule has 1 aliphatic rings. The number of nitrogens with two attached hydrogens (primary N) is 1. The number of imidazole rings is 1. The first kappa shape index (κ1) is 15.0. The molecule has 1 aromatic carbocycles. The number of carbonyl (C=O) groups is 1. The van der Waals surface area contributed by atoms with Crippen LogP contribution in [-0.4, -0.2) is 21.0 Å². The second kappa shape index (κ2) is 5.72. The van der Waals surface area contributed by atoms with Gasteiger partial charge in [-0.15, -0.1) is 0 Å². The van der Waals surface area contributed by atoms with Crippen LogP contribution in [0.3, 0.4) is 0 Å². The number of benzene rings is 1. The van der Waals surface area contributed by atoms with E-state index in [4.69, 9.17) is 5.73 Å². The zero-order chi connectivity index (χ0) is 15.7. The van der Waals surface area contributed by atoms with Gasteiger partial charge in [0.2, 0.25) is 5.91 Å². The molecule has 0 radical (unpaired) electrons. The third kappa shape index (κ3) is 2.73. The zero-order valence-electron chi connectivity index (χ0n) is 13.3. The maximum atomic E-state index is 12.5. The van der Waals surface area contributed by atoms with Crippen LogP contribution < -0.4 is 11.1 Å². The van der Waals surface area contributed by atoms with Crippen LogP contribution in [0.4, 0.5) is 0 Å². The molecule has 0 spiro atoms. The smallest absolute Gasteiger partial charge is 0.225 e. The molecule has 1 aliphatic carbocycles. The number of hydrogen-bond acceptors (Lipinski definition) is 3. The Balaban J connectivity index is 1.71. The van der Waals surface area contributed by atoms with Gasteiger partial charge in [-0.05, 0) is 31.9 Å². The number of aryl methyl sites for hydroxylation is 1. The van der Waals surface area contributed by atoms with Crippen molar-refractivity contribution in [3.63, 3.8) is 0 Å². The fourth-order valence-corrected chi connectivity index (χ4v) is 3.43. The summed E-state index contributed by atoms with van der Waals surface area (Å²) in [4.78, 5) is 17.1. The fraction of sp³-hybridized carbons (Fsp3) is 0.529. The SMILES string of the molecule is Cn1c(CNC(=O)C2CCCCC2(C)N)nc2ccccc21. The van der Waals surface area contributed by atoms with E-state index in [1.807, 2.05) is 42.8 Å². The molecular formula is C17H24N4O. The third-order valence-corrected chi connectivity index (χ3v) is 4.87. The van der Waals surface area contributed by atoms with Gasteiger partial charge in [0.05, 0.1) is 23.5 Å². The topological polar surface area (TPSA) is 72.9 Å². The van der Waals surface area contributed by atoms with E-state index < -0.39 is 5.54 Å². The molecule has 1 amide bonds. The Hall–Kier alpha value is -1.88. The molecule has 2 atom stereocenters. The van der Waals surface area contributed by atoms with Crippen molar-refractivity contribution in [3.8, 4) is 0 Å². The third-order valence-electron chi connectivity index (χ3n) is 4.87. The Morgan fingerprint density at radius 1 is 1.45 bits per heavy atom. The van der Waals surface area contributed by atoms with Crippen LogP contribution in [0.1, 0.15) is 38.4 Å². The highest BCUT2D eigenvalue weighted by Gasteiger charge is 2.37. The zero-order valence-corrected chi connectivity index (χ0v) is 13.3. The van der Waals surface area contributed by atoms with Gasteiger partial charge >= 0.3 is 0 Å². The van der Waals surface area contributed by atoms with E-state index in [1.165, 1.54) is 0 Å². The van der Waals surface area contributed by atoms with Crippen molar-refractivity contribution in [1.29, 1.82) is 0 Å². The Morgan fingerprint density at radius 2 is 2.23 bits per heavy atom. The first-order valence-electron chi connectivity index (χ1n) is 7.96. The molecule has 5 nitrogen and oxygen atoms in total. The van der Waals surface area contributed by atoms with Crippen LogP contribution in [0.2, 0.25) is 0 Å². The predicted molar refractivity (Wildman–Crippen MR) is 87.1 cm³/mol. The van der Waals surface area contributed by atoms with E-state index in [2.05, 4.69) is 10.3 Å². The maximum Gasteiger partial charge on any atom is 0.225 e. The van der Waals surface area contributed by atoms with Gasteiger partial charge in [0.1, 0.15) is 5.82 Å².